The molecule has 20 heavy (non-hydrogen) atoms. The minimum Gasteiger partial charge on any atom is -0.355 e. The molecule has 4 heteroatoms. The van der Waals surface area contributed by atoms with Crippen molar-refractivity contribution >= 4 is 5.91 Å². The van der Waals surface area contributed by atoms with Crippen LogP contribution >= 0.6 is 0 Å². The molecule has 1 aliphatic rings. The SMILES string of the molecule is Cc1ccc(-c2cc(C(=O)NCC3CCC3)no2)cc1. The van der Waals surface area contributed by atoms with Crippen LogP contribution in [-0.4, -0.2) is 17.6 Å². The Morgan fingerprint density at radius 1 is 1.35 bits per heavy atom. The molecule has 1 aromatic heterocycles. The Hall–Kier alpha value is -2.10. The van der Waals surface area contributed by atoms with Crippen molar-refractivity contribution in [3.8, 4) is 11.3 Å². The van der Waals surface area contributed by atoms with E-state index < -0.39 is 0 Å². The Kier molecular flexibility index (Phi) is 3.54. The van der Waals surface area contributed by atoms with Crippen LogP contribution in [0.2, 0.25) is 0 Å². The highest BCUT2D eigenvalue weighted by Gasteiger charge is 2.19. The summed E-state index contributed by atoms with van der Waals surface area (Å²) in [5.41, 5.74) is 2.47. The number of hydrogen-bond donors (Lipinski definition) is 1. The van der Waals surface area contributed by atoms with Crippen LogP contribution in [0.15, 0.2) is 34.9 Å². The molecule has 0 bridgehead atoms. The van der Waals surface area contributed by atoms with Gasteiger partial charge in [-0.3, -0.25) is 4.79 Å². The second kappa shape index (κ2) is 5.49. The van der Waals surface area contributed by atoms with Gasteiger partial charge in [-0.15, -0.1) is 0 Å². The molecule has 1 aromatic carbocycles. The van der Waals surface area contributed by atoms with Crippen LogP contribution < -0.4 is 5.32 Å². The van der Waals surface area contributed by atoms with E-state index in [0.717, 1.165) is 12.1 Å². The van der Waals surface area contributed by atoms with E-state index in [4.69, 9.17) is 4.52 Å². The van der Waals surface area contributed by atoms with Gasteiger partial charge in [-0.25, -0.2) is 0 Å². The monoisotopic (exact) mass is 270 g/mol. The second-order valence-corrected chi connectivity index (χ2v) is 5.45. The van der Waals surface area contributed by atoms with Crippen molar-refractivity contribution in [1.29, 1.82) is 0 Å². The van der Waals surface area contributed by atoms with E-state index in [9.17, 15) is 4.79 Å². The van der Waals surface area contributed by atoms with Crippen LogP contribution in [0.5, 0.6) is 0 Å². The lowest BCUT2D eigenvalue weighted by molar-refractivity contribution is 0.0930. The molecule has 3 rings (SSSR count). The standard InChI is InChI=1S/C16H18N2O2/c1-11-5-7-13(8-6-11)15-9-14(18-20-15)16(19)17-10-12-3-2-4-12/h5-9,12H,2-4,10H2,1H3,(H,17,19). The van der Waals surface area contributed by atoms with Crippen molar-refractivity contribution in [1.82, 2.24) is 10.5 Å². The van der Waals surface area contributed by atoms with E-state index in [-0.39, 0.29) is 5.91 Å². The number of amides is 1. The van der Waals surface area contributed by atoms with Crippen LogP contribution in [0.25, 0.3) is 11.3 Å². The predicted molar refractivity (Wildman–Crippen MR) is 76.4 cm³/mol. The minimum absolute atomic E-state index is 0.154. The van der Waals surface area contributed by atoms with Crippen molar-refractivity contribution in [3.05, 3.63) is 41.6 Å². The molecule has 0 atom stereocenters. The number of hydrogen-bond acceptors (Lipinski definition) is 3. The van der Waals surface area contributed by atoms with Crippen LogP contribution in [0.4, 0.5) is 0 Å². The largest absolute Gasteiger partial charge is 0.355 e. The first-order valence-corrected chi connectivity index (χ1v) is 7.04. The van der Waals surface area contributed by atoms with Gasteiger partial charge in [-0.1, -0.05) is 41.4 Å². The van der Waals surface area contributed by atoms with Gasteiger partial charge in [-0.2, -0.15) is 0 Å². The zero-order valence-electron chi connectivity index (χ0n) is 11.6. The van der Waals surface area contributed by atoms with Crippen molar-refractivity contribution < 1.29 is 9.32 Å². The number of aromatic nitrogens is 1. The Labute approximate surface area is 118 Å². The van der Waals surface area contributed by atoms with Gasteiger partial charge < -0.3 is 9.84 Å². The van der Waals surface area contributed by atoms with Gasteiger partial charge in [0.1, 0.15) is 0 Å². The van der Waals surface area contributed by atoms with Gasteiger partial charge in [0.05, 0.1) is 0 Å². The van der Waals surface area contributed by atoms with Crippen molar-refractivity contribution in [2.75, 3.05) is 6.54 Å². The predicted octanol–water partition coefficient (Wildman–Crippen LogP) is 3.18. The van der Waals surface area contributed by atoms with Crippen molar-refractivity contribution in [3.63, 3.8) is 0 Å². The van der Waals surface area contributed by atoms with E-state index in [2.05, 4.69) is 10.5 Å². The summed E-state index contributed by atoms with van der Waals surface area (Å²) >= 11 is 0. The van der Waals surface area contributed by atoms with Gasteiger partial charge in [0, 0.05) is 18.2 Å². The number of aryl methyl sites for hydroxylation is 1. The summed E-state index contributed by atoms with van der Waals surface area (Å²) in [5.74, 6) is 1.11. The first-order chi connectivity index (χ1) is 9.72. The zero-order valence-corrected chi connectivity index (χ0v) is 11.6. The average Bonchev–Trinajstić information content (AvgIpc) is 2.87. The quantitative estimate of drug-likeness (QED) is 0.928. The third-order valence-electron chi connectivity index (χ3n) is 3.85. The van der Waals surface area contributed by atoms with Crippen LogP contribution in [0.3, 0.4) is 0 Å². The van der Waals surface area contributed by atoms with Gasteiger partial charge in [0.2, 0.25) is 0 Å². The van der Waals surface area contributed by atoms with E-state index in [0.29, 0.717) is 17.4 Å². The number of benzene rings is 1. The molecule has 0 radical (unpaired) electrons. The summed E-state index contributed by atoms with van der Waals surface area (Å²) in [5, 5.41) is 6.76. The smallest absolute Gasteiger partial charge is 0.273 e. The molecular formula is C16H18N2O2. The molecule has 1 aliphatic carbocycles. The van der Waals surface area contributed by atoms with Crippen LogP contribution in [-0.2, 0) is 0 Å². The first-order valence-electron chi connectivity index (χ1n) is 7.04. The molecule has 0 saturated heterocycles. The Morgan fingerprint density at radius 2 is 2.10 bits per heavy atom. The average molecular weight is 270 g/mol. The van der Waals surface area contributed by atoms with Gasteiger partial charge in [-0.05, 0) is 25.7 Å². The maximum Gasteiger partial charge on any atom is 0.273 e. The summed E-state index contributed by atoms with van der Waals surface area (Å²) in [6, 6.07) is 9.64. The summed E-state index contributed by atoms with van der Waals surface area (Å²) in [7, 11) is 0. The topological polar surface area (TPSA) is 55.1 Å². The highest BCUT2D eigenvalue weighted by Crippen LogP contribution is 2.25. The molecule has 0 unspecified atom stereocenters. The minimum atomic E-state index is -0.154. The maximum absolute atomic E-state index is 12.0. The van der Waals surface area contributed by atoms with Crippen molar-refractivity contribution in [2.45, 2.75) is 26.2 Å². The fourth-order valence-corrected chi connectivity index (χ4v) is 2.26. The Balaban J connectivity index is 1.66. The van der Waals surface area contributed by atoms with Gasteiger partial charge >= 0.3 is 0 Å². The molecule has 2 aromatic rings. The lowest BCUT2D eigenvalue weighted by Crippen LogP contribution is -2.32. The lowest BCUT2D eigenvalue weighted by atomic mass is 9.85. The molecule has 0 aliphatic heterocycles. The van der Waals surface area contributed by atoms with Crippen molar-refractivity contribution in [2.24, 2.45) is 5.92 Å². The lowest BCUT2D eigenvalue weighted by Gasteiger charge is -2.24. The molecule has 1 fully saturated rings. The summed E-state index contributed by atoms with van der Waals surface area (Å²) in [4.78, 5) is 12.0. The molecular weight excluding hydrogens is 252 g/mol. The van der Waals surface area contributed by atoms with E-state index in [1.54, 1.807) is 6.07 Å². The molecule has 1 heterocycles. The second-order valence-electron chi connectivity index (χ2n) is 5.45. The fraction of sp³-hybridized carbons (Fsp3) is 0.375. The summed E-state index contributed by atoms with van der Waals surface area (Å²) in [6.07, 6.45) is 3.71. The van der Waals surface area contributed by atoms with E-state index in [1.807, 2.05) is 31.2 Å². The zero-order chi connectivity index (χ0) is 13.9. The number of carbonyl (C=O) groups is 1. The van der Waals surface area contributed by atoms with E-state index >= 15 is 0 Å². The third kappa shape index (κ3) is 2.74. The Bertz CT molecular complexity index is 597. The molecule has 0 spiro atoms. The third-order valence-corrected chi connectivity index (χ3v) is 3.85. The maximum atomic E-state index is 12.0. The molecule has 1 amide bonds. The molecule has 104 valence electrons. The summed E-state index contributed by atoms with van der Waals surface area (Å²) in [6.45, 7) is 2.77. The van der Waals surface area contributed by atoms with E-state index in [1.165, 1.54) is 24.8 Å². The number of nitrogens with zero attached hydrogens (tertiary/aromatic N) is 1. The van der Waals surface area contributed by atoms with Gasteiger partial charge in [0.15, 0.2) is 11.5 Å². The van der Waals surface area contributed by atoms with Gasteiger partial charge in [0.25, 0.3) is 5.91 Å². The number of rotatable bonds is 4. The molecule has 1 saturated carbocycles. The summed E-state index contributed by atoms with van der Waals surface area (Å²) < 4.78 is 5.25. The first kappa shape index (κ1) is 12.9. The fourth-order valence-electron chi connectivity index (χ4n) is 2.26. The number of nitrogens with one attached hydrogen (secondary N) is 1. The number of carbonyl (C=O) groups excluding carboxylic acids is 1. The molecule has 4 nitrogen and oxygen atoms in total. The highest BCUT2D eigenvalue weighted by molar-refractivity contribution is 5.93. The van der Waals surface area contributed by atoms with Crippen LogP contribution in [0.1, 0.15) is 35.3 Å². The van der Waals surface area contributed by atoms with Crippen LogP contribution in [0, 0.1) is 12.8 Å². The highest BCUT2D eigenvalue weighted by atomic mass is 16.5. The normalized spacial score (nSPS) is 14.8. The molecule has 1 N–H and O–H groups in total. The Morgan fingerprint density at radius 3 is 2.75 bits per heavy atom.